The molecule has 2 N–H and O–H groups in total. The summed E-state index contributed by atoms with van der Waals surface area (Å²) in [6.07, 6.45) is 0. The molecular weight excluding hydrogens is 222 g/mol. The maximum Gasteiger partial charge on any atom is 0.125 e. The van der Waals surface area contributed by atoms with Crippen LogP contribution < -0.4 is 5.32 Å². The molecule has 16 heavy (non-hydrogen) atoms. The van der Waals surface area contributed by atoms with Gasteiger partial charge in [0.15, 0.2) is 0 Å². The quantitative estimate of drug-likeness (QED) is 0.857. The van der Waals surface area contributed by atoms with Crippen LogP contribution in [0.1, 0.15) is 17.2 Å². The van der Waals surface area contributed by atoms with Crippen LogP contribution in [0.15, 0.2) is 24.3 Å². The molecule has 0 atom stereocenters. The van der Waals surface area contributed by atoms with E-state index in [2.05, 4.69) is 15.3 Å². The molecule has 1 aromatic heterocycles. The summed E-state index contributed by atoms with van der Waals surface area (Å²) in [6.45, 7) is 4.69. The summed E-state index contributed by atoms with van der Waals surface area (Å²) in [6, 6.07) is 7.65. The Morgan fingerprint density at radius 2 is 2.19 bits per heavy atom. The van der Waals surface area contributed by atoms with E-state index < -0.39 is 0 Å². The summed E-state index contributed by atoms with van der Waals surface area (Å²) in [4.78, 5) is 7.62. The minimum Gasteiger partial charge on any atom is -0.378 e. The molecule has 0 aliphatic heterocycles. The first-order valence-electron chi connectivity index (χ1n) is 5.16. The number of aromatic amines is 1. The zero-order valence-corrected chi connectivity index (χ0v) is 10.1. The Bertz CT molecular complexity index is 471. The number of imidazole rings is 1. The molecule has 2 aromatic rings. The molecule has 0 aliphatic carbocycles. The van der Waals surface area contributed by atoms with Gasteiger partial charge in [-0.05, 0) is 32.0 Å². The van der Waals surface area contributed by atoms with Gasteiger partial charge in [0.1, 0.15) is 5.82 Å². The van der Waals surface area contributed by atoms with Gasteiger partial charge in [-0.15, -0.1) is 0 Å². The molecule has 0 spiro atoms. The van der Waals surface area contributed by atoms with Crippen LogP contribution in [0.3, 0.4) is 0 Å². The second kappa shape index (κ2) is 4.58. The van der Waals surface area contributed by atoms with E-state index in [4.69, 9.17) is 11.6 Å². The molecule has 1 aromatic carbocycles. The Labute approximate surface area is 99.9 Å². The average molecular weight is 236 g/mol. The largest absolute Gasteiger partial charge is 0.378 e. The predicted molar refractivity (Wildman–Crippen MR) is 66.8 cm³/mol. The highest BCUT2D eigenvalue weighted by Gasteiger charge is 2.01. The number of aromatic nitrogens is 2. The van der Waals surface area contributed by atoms with Crippen LogP contribution >= 0.6 is 11.6 Å². The van der Waals surface area contributed by atoms with Gasteiger partial charge in [0, 0.05) is 16.4 Å². The third kappa shape index (κ3) is 2.55. The lowest BCUT2D eigenvalue weighted by molar-refractivity contribution is 0.988. The number of rotatable bonds is 3. The van der Waals surface area contributed by atoms with E-state index in [1.165, 1.54) is 0 Å². The van der Waals surface area contributed by atoms with Gasteiger partial charge in [-0.25, -0.2) is 4.98 Å². The van der Waals surface area contributed by atoms with Crippen molar-refractivity contribution in [1.82, 2.24) is 9.97 Å². The first-order chi connectivity index (χ1) is 7.65. The normalized spacial score (nSPS) is 10.4. The SMILES string of the molecule is Cc1nc(CNc2cccc(Cl)c2)[nH]c1C. The molecule has 84 valence electrons. The van der Waals surface area contributed by atoms with E-state index in [9.17, 15) is 0 Å². The number of halogens is 1. The summed E-state index contributed by atoms with van der Waals surface area (Å²) in [7, 11) is 0. The van der Waals surface area contributed by atoms with Crippen molar-refractivity contribution in [1.29, 1.82) is 0 Å². The maximum atomic E-state index is 5.89. The van der Waals surface area contributed by atoms with Crippen LogP contribution in [0.5, 0.6) is 0 Å². The first kappa shape index (κ1) is 11.0. The lowest BCUT2D eigenvalue weighted by Crippen LogP contribution is -2.01. The van der Waals surface area contributed by atoms with Crippen molar-refractivity contribution in [2.75, 3.05) is 5.32 Å². The molecule has 2 rings (SSSR count). The molecule has 0 amide bonds. The molecule has 0 bridgehead atoms. The van der Waals surface area contributed by atoms with Crippen molar-refractivity contribution < 1.29 is 0 Å². The lowest BCUT2D eigenvalue weighted by Gasteiger charge is -2.04. The topological polar surface area (TPSA) is 40.7 Å². The molecule has 3 nitrogen and oxygen atoms in total. The van der Waals surface area contributed by atoms with Gasteiger partial charge in [0.25, 0.3) is 0 Å². The highest BCUT2D eigenvalue weighted by Crippen LogP contribution is 2.15. The molecule has 1 heterocycles. The van der Waals surface area contributed by atoms with Crippen LogP contribution in [0, 0.1) is 13.8 Å². The van der Waals surface area contributed by atoms with Crippen LogP contribution in [0.2, 0.25) is 5.02 Å². The van der Waals surface area contributed by atoms with Crippen LogP contribution in [-0.4, -0.2) is 9.97 Å². The smallest absolute Gasteiger partial charge is 0.125 e. The minimum atomic E-state index is 0.676. The fourth-order valence-corrected chi connectivity index (χ4v) is 1.68. The summed E-state index contributed by atoms with van der Waals surface area (Å²) in [5.41, 5.74) is 3.16. The van der Waals surface area contributed by atoms with Gasteiger partial charge in [-0.3, -0.25) is 0 Å². The first-order valence-corrected chi connectivity index (χ1v) is 5.54. The van der Waals surface area contributed by atoms with Crippen molar-refractivity contribution in [3.63, 3.8) is 0 Å². The molecule has 0 saturated heterocycles. The Balaban J connectivity index is 2.02. The van der Waals surface area contributed by atoms with Crippen LogP contribution in [0.4, 0.5) is 5.69 Å². The minimum absolute atomic E-state index is 0.676. The van der Waals surface area contributed by atoms with Crippen LogP contribution in [-0.2, 0) is 6.54 Å². The van der Waals surface area contributed by atoms with Gasteiger partial charge < -0.3 is 10.3 Å². The van der Waals surface area contributed by atoms with Gasteiger partial charge in [-0.2, -0.15) is 0 Å². The average Bonchev–Trinajstić information content (AvgIpc) is 2.56. The van der Waals surface area contributed by atoms with Gasteiger partial charge in [0.2, 0.25) is 0 Å². The van der Waals surface area contributed by atoms with Crippen molar-refractivity contribution in [3.05, 3.63) is 46.5 Å². The van der Waals surface area contributed by atoms with E-state index >= 15 is 0 Å². The lowest BCUT2D eigenvalue weighted by atomic mass is 10.3. The molecular formula is C12H14ClN3. The van der Waals surface area contributed by atoms with E-state index in [-0.39, 0.29) is 0 Å². The molecule has 0 saturated carbocycles. The Hall–Kier alpha value is -1.48. The molecule has 0 fully saturated rings. The highest BCUT2D eigenvalue weighted by atomic mass is 35.5. The Morgan fingerprint density at radius 1 is 1.38 bits per heavy atom. The maximum absolute atomic E-state index is 5.89. The van der Waals surface area contributed by atoms with Crippen molar-refractivity contribution in [2.45, 2.75) is 20.4 Å². The summed E-state index contributed by atoms with van der Waals surface area (Å²) >= 11 is 5.89. The molecule has 0 aliphatic rings. The summed E-state index contributed by atoms with van der Waals surface area (Å²) in [5, 5.41) is 4.00. The molecule has 0 radical (unpaired) electrons. The fraction of sp³-hybridized carbons (Fsp3) is 0.250. The van der Waals surface area contributed by atoms with Gasteiger partial charge in [-0.1, -0.05) is 17.7 Å². The number of anilines is 1. The highest BCUT2D eigenvalue weighted by molar-refractivity contribution is 6.30. The van der Waals surface area contributed by atoms with E-state index in [0.29, 0.717) is 6.54 Å². The number of hydrogen-bond acceptors (Lipinski definition) is 2. The zero-order valence-electron chi connectivity index (χ0n) is 9.34. The van der Waals surface area contributed by atoms with Gasteiger partial charge >= 0.3 is 0 Å². The third-order valence-electron chi connectivity index (χ3n) is 2.46. The summed E-state index contributed by atoms with van der Waals surface area (Å²) < 4.78 is 0. The predicted octanol–water partition coefficient (Wildman–Crippen LogP) is 3.29. The van der Waals surface area contributed by atoms with Crippen molar-refractivity contribution in [2.24, 2.45) is 0 Å². The summed E-state index contributed by atoms with van der Waals surface area (Å²) in [5.74, 6) is 0.940. The fourth-order valence-electron chi connectivity index (χ4n) is 1.49. The Kier molecular flexibility index (Phi) is 3.15. The second-order valence-corrected chi connectivity index (χ2v) is 4.19. The molecule has 4 heteroatoms. The Morgan fingerprint density at radius 3 is 2.81 bits per heavy atom. The number of nitrogens with one attached hydrogen (secondary N) is 2. The zero-order chi connectivity index (χ0) is 11.5. The van der Waals surface area contributed by atoms with Crippen molar-refractivity contribution in [3.8, 4) is 0 Å². The molecule has 0 unspecified atom stereocenters. The van der Waals surface area contributed by atoms with Crippen molar-refractivity contribution >= 4 is 17.3 Å². The number of aryl methyl sites for hydroxylation is 2. The number of H-pyrrole nitrogens is 1. The van der Waals surface area contributed by atoms with E-state index in [1.54, 1.807) is 0 Å². The number of nitrogens with zero attached hydrogens (tertiary/aromatic N) is 1. The van der Waals surface area contributed by atoms with E-state index in [0.717, 1.165) is 27.9 Å². The van der Waals surface area contributed by atoms with E-state index in [1.807, 2.05) is 38.1 Å². The second-order valence-electron chi connectivity index (χ2n) is 3.76. The third-order valence-corrected chi connectivity index (χ3v) is 2.70. The standard InChI is InChI=1S/C12H14ClN3/c1-8-9(2)16-12(15-8)7-14-11-5-3-4-10(13)6-11/h3-6,14H,7H2,1-2H3,(H,15,16). The monoisotopic (exact) mass is 235 g/mol. The number of hydrogen-bond donors (Lipinski definition) is 2. The van der Waals surface area contributed by atoms with Crippen LogP contribution in [0.25, 0.3) is 0 Å². The number of benzene rings is 1. The van der Waals surface area contributed by atoms with Gasteiger partial charge in [0.05, 0.1) is 12.2 Å².